The molecule has 0 aliphatic rings. The number of rotatable bonds is 5. The largest absolute Gasteiger partial charge is 0.459 e. The van der Waals surface area contributed by atoms with E-state index in [4.69, 9.17) is 4.42 Å². The first kappa shape index (κ1) is 16.9. The maximum Gasteiger partial charge on any atom is 0.292 e. The van der Waals surface area contributed by atoms with Gasteiger partial charge in [-0.2, -0.15) is 0 Å². The molecule has 0 radical (unpaired) electrons. The van der Waals surface area contributed by atoms with Gasteiger partial charge in [-0.1, -0.05) is 12.1 Å². The van der Waals surface area contributed by atoms with Crippen LogP contribution in [-0.2, 0) is 0 Å². The first-order valence-corrected chi connectivity index (χ1v) is 7.54. The Morgan fingerprint density at radius 1 is 0.885 bits per heavy atom. The van der Waals surface area contributed by atoms with E-state index in [1.807, 2.05) is 0 Å². The zero-order valence-corrected chi connectivity index (χ0v) is 13.3. The van der Waals surface area contributed by atoms with Crippen LogP contribution in [0.4, 0.5) is 17.1 Å². The smallest absolute Gasteiger partial charge is 0.292 e. The number of hydrogen-bond donors (Lipinski definition) is 2. The highest BCUT2D eigenvalue weighted by molar-refractivity contribution is 6.06. The quantitative estimate of drug-likeness (QED) is 0.537. The highest BCUT2D eigenvalue weighted by Crippen LogP contribution is 2.24. The second-order valence-corrected chi connectivity index (χ2v) is 5.24. The molecule has 2 aromatic carbocycles. The third-order valence-electron chi connectivity index (χ3n) is 3.50. The molecule has 8 heteroatoms. The van der Waals surface area contributed by atoms with Gasteiger partial charge in [0.15, 0.2) is 5.76 Å². The number of carbonyl (C=O) groups excluding carboxylic acids is 2. The van der Waals surface area contributed by atoms with Crippen molar-refractivity contribution >= 4 is 28.9 Å². The summed E-state index contributed by atoms with van der Waals surface area (Å²) in [7, 11) is 0. The molecular weight excluding hydrogens is 338 g/mol. The molecule has 0 atom stereocenters. The topological polar surface area (TPSA) is 114 Å². The van der Waals surface area contributed by atoms with Crippen molar-refractivity contribution in [2.45, 2.75) is 0 Å². The van der Waals surface area contributed by atoms with E-state index in [0.29, 0.717) is 11.3 Å². The lowest BCUT2D eigenvalue weighted by Crippen LogP contribution is -2.14. The highest BCUT2D eigenvalue weighted by atomic mass is 16.6. The van der Waals surface area contributed by atoms with Crippen LogP contribution in [0.25, 0.3) is 0 Å². The van der Waals surface area contributed by atoms with E-state index in [2.05, 4.69) is 10.6 Å². The van der Waals surface area contributed by atoms with Gasteiger partial charge in [0.1, 0.15) is 5.69 Å². The highest BCUT2D eigenvalue weighted by Gasteiger charge is 2.16. The Labute approximate surface area is 147 Å². The first-order chi connectivity index (χ1) is 12.5. The summed E-state index contributed by atoms with van der Waals surface area (Å²) in [4.78, 5) is 34.6. The normalized spacial score (nSPS) is 10.2. The maximum absolute atomic E-state index is 12.3. The average molecular weight is 351 g/mol. The van der Waals surface area contributed by atoms with Crippen molar-refractivity contribution in [3.63, 3.8) is 0 Å². The molecule has 1 heterocycles. The minimum absolute atomic E-state index is 0.109. The molecule has 0 aliphatic heterocycles. The van der Waals surface area contributed by atoms with Gasteiger partial charge in [0.25, 0.3) is 17.5 Å². The lowest BCUT2D eigenvalue weighted by molar-refractivity contribution is -0.383. The number of anilines is 2. The van der Waals surface area contributed by atoms with E-state index in [1.165, 1.54) is 42.7 Å². The van der Waals surface area contributed by atoms with Crippen LogP contribution >= 0.6 is 0 Å². The number of benzene rings is 2. The van der Waals surface area contributed by atoms with E-state index in [-0.39, 0.29) is 17.1 Å². The minimum Gasteiger partial charge on any atom is -0.459 e. The van der Waals surface area contributed by atoms with Crippen molar-refractivity contribution in [1.82, 2.24) is 0 Å². The van der Waals surface area contributed by atoms with Crippen molar-refractivity contribution in [1.29, 1.82) is 0 Å². The SMILES string of the molecule is O=C(Nc1ccccc1[N+](=O)[O-])c1ccc(NC(=O)c2ccco2)cc1. The molecule has 2 amide bonds. The van der Waals surface area contributed by atoms with Crippen molar-refractivity contribution < 1.29 is 18.9 Å². The summed E-state index contributed by atoms with van der Waals surface area (Å²) < 4.78 is 5.00. The summed E-state index contributed by atoms with van der Waals surface area (Å²) in [5.74, 6) is -0.737. The number of nitrogens with zero attached hydrogens (tertiary/aromatic N) is 1. The third kappa shape index (κ3) is 3.75. The van der Waals surface area contributed by atoms with Gasteiger partial charge in [0.05, 0.1) is 11.2 Å². The van der Waals surface area contributed by atoms with Crippen LogP contribution < -0.4 is 10.6 Å². The van der Waals surface area contributed by atoms with Gasteiger partial charge in [0, 0.05) is 17.3 Å². The summed E-state index contributed by atoms with van der Waals surface area (Å²) in [6, 6.07) is 15.1. The number of para-hydroxylation sites is 2. The zero-order chi connectivity index (χ0) is 18.5. The molecule has 0 aliphatic carbocycles. The summed E-state index contributed by atoms with van der Waals surface area (Å²) in [5, 5.41) is 16.1. The van der Waals surface area contributed by atoms with E-state index < -0.39 is 16.7 Å². The van der Waals surface area contributed by atoms with Crippen LogP contribution in [0.2, 0.25) is 0 Å². The van der Waals surface area contributed by atoms with E-state index in [9.17, 15) is 19.7 Å². The molecule has 3 aromatic rings. The molecule has 1 aromatic heterocycles. The van der Waals surface area contributed by atoms with Gasteiger partial charge in [-0.3, -0.25) is 19.7 Å². The fraction of sp³-hybridized carbons (Fsp3) is 0. The number of furan rings is 1. The number of carbonyl (C=O) groups is 2. The fourth-order valence-electron chi connectivity index (χ4n) is 2.24. The van der Waals surface area contributed by atoms with E-state index >= 15 is 0 Å². The van der Waals surface area contributed by atoms with Crippen molar-refractivity contribution in [3.8, 4) is 0 Å². The van der Waals surface area contributed by atoms with Crippen molar-refractivity contribution in [2.75, 3.05) is 10.6 Å². The van der Waals surface area contributed by atoms with Gasteiger partial charge in [-0.25, -0.2) is 0 Å². The molecule has 0 spiro atoms. The zero-order valence-electron chi connectivity index (χ0n) is 13.3. The lowest BCUT2D eigenvalue weighted by atomic mass is 10.1. The second-order valence-electron chi connectivity index (χ2n) is 5.24. The Kier molecular flexibility index (Phi) is 4.75. The number of amides is 2. The molecule has 3 rings (SSSR count). The van der Waals surface area contributed by atoms with Gasteiger partial charge in [-0.05, 0) is 42.5 Å². The van der Waals surface area contributed by atoms with Crippen molar-refractivity contribution in [2.24, 2.45) is 0 Å². The number of nitrogens with one attached hydrogen (secondary N) is 2. The van der Waals surface area contributed by atoms with Crippen LogP contribution in [0.15, 0.2) is 71.3 Å². The van der Waals surface area contributed by atoms with Crippen molar-refractivity contribution in [3.05, 3.63) is 88.4 Å². The summed E-state index contributed by atoms with van der Waals surface area (Å²) in [5.41, 5.74) is 0.689. The van der Waals surface area contributed by atoms with Crippen LogP contribution in [0.5, 0.6) is 0 Å². The molecule has 0 saturated carbocycles. The molecule has 130 valence electrons. The summed E-state index contributed by atoms with van der Waals surface area (Å²) in [6.45, 7) is 0. The molecule has 26 heavy (non-hydrogen) atoms. The van der Waals surface area contributed by atoms with E-state index in [0.717, 1.165) is 0 Å². The first-order valence-electron chi connectivity index (χ1n) is 7.54. The molecule has 0 fully saturated rings. The number of nitro groups is 1. The molecule has 8 nitrogen and oxygen atoms in total. The Morgan fingerprint density at radius 2 is 1.62 bits per heavy atom. The van der Waals surface area contributed by atoms with Crippen LogP contribution in [0.1, 0.15) is 20.9 Å². The molecule has 0 bridgehead atoms. The Bertz CT molecular complexity index is 949. The second kappa shape index (κ2) is 7.31. The Balaban J connectivity index is 1.69. The van der Waals surface area contributed by atoms with Gasteiger partial charge in [0.2, 0.25) is 0 Å². The predicted octanol–water partition coefficient (Wildman–Crippen LogP) is 3.69. The van der Waals surface area contributed by atoms with E-state index in [1.54, 1.807) is 24.3 Å². The molecule has 0 unspecified atom stereocenters. The standard InChI is InChI=1S/C18H13N3O5/c22-17(20-14-4-1-2-5-15(14)21(24)25)12-7-9-13(10-8-12)19-18(23)16-6-3-11-26-16/h1-11H,(H,19,23)(H,20,22). The predicted molar refractivity (Wildman–Crippen MR) is 94.2 cm³/mol. The monoisotopic (exact) mass is 351 g/mol. The van der Waals surface area contributed by atoms with Gasteiger partial charge >= 0.3 is 0 Å². The number of hydrogen-bond acceptors (Lipinski definition) is 5. The third-order valence-corrected chi connectivity index (χ3v) is 3.50. The fourth-order valence-corrected chi connectivity index (χ4v) is 2.24. The molecular formula is C18H13N3O5. The Hall–Kier alpha value is -3.94. The minimum atomic E-state index is -0.567. The van der Waals surface area contributed by atoms with Crippen LogP contribution in [-0.4, -0.2) is 16.7 Å². The molecule has 2 N–H and O–H groups in total. The van der Waals surface area contributed by atoms with Gasteiger partial charge in [-0.15, -0.1) is 0 Å². The van der Waals surface area contributed by atoms with Gasteiger partial charge < -0.3 is 15.1 Å². The Morgan fingerprint density at radius 3 is 2.27 bits per heavy atom. The molecule has 0 saturated heterocycles. The maximum atomic E-state index is 12.3. The summed E-state index contributed by atoms with van der Waals surface area (Å²) >= 11 is 0. The number of nitro benzene ring substituents is 1. The van der Waals surface area contributed by atoms with Crippen LogP contribution in [0, 0.1) is 10.1 Å². The summed E-state index contributed by atoms with van der Waals surface area (Å²) in [6.07, 6.45) is 1.39. The lowest BCUT2D eigenvalue weighted by Gasteiger charge is -2.07. The average Bonchev–Trinajstić information content (AvgIpc) is 3.17. The van der Waals surface area contributed by atoms with Crippen LogP contribution in [0.3, 0.4) is 0 Å².